The molecule has 1 aromatic carbocycles. The number of aromatic nitrogens is 2. The standard InChI is InChI=1S/C14H11ClN2S2/c1-8-7-11(18-2)17-13(15)12(8)14-16-9-5-3-4-6-10(9)19-14/h3-7H,1-2H3. The van der Waals surface area contributed by atoms with E-state index in [2.05, 4.69) is 29.0 Å². The van der Waals surface area contributed by atoms with Crippen LogP contribution in [0.4, 0.5) is 0 Å². The monoisotopic (exact) mass is 306 g/mol. The minimum atomic E-state index is 0.531. The van der Waals surface area contributed by atoms with Crippen molar-refractivity contribution in [3.63, 3.8) is 0 Å². The Labute approximate surface area is 124 Å². The van der Waals surface area contributed by atoms with Gasteiger partial charge in [-0.1, -0.05) is 23.7 Å². The Hall–Kier alpha value is -1.10. The van der Waals surface area contributed by atoms with Gasteiger partial charge in [-0.15, -0.1) is 23.1 Å². The van der Waals surface area contributed by atoms with E-state index in [1.807, 2.05) is 24.5 Å². The molecule has 5 heteroatoms. The number of benzene rings is 1. The van der Waals surface area contributed by atoms with E-state index in [1.54, 1.807) is 23.1 Å². The SMILES string of the molecule is CSc1cc(C)c(-c2nc3ccccc3s2)c(Cl)n1. The summed E-state index contributed by atoms with van der Waals surface area (Å²) in [4.78, 5) is 9.04. The lowest BCUT2D eigenvalue weighted by Gasteiger charge is -2.06. The molecule has 0 unspecified atom stereocenters. The summed E-state index contributed by atoms with van der Waals surface area (Å²) in [5.41, 5.74) is 3.07. The maximum Gasteiger partial charge on any atom is 0.140 e. The minimum Gasteiger partial charge on any atom is -0.236 e. The van der Waals surface area contributed by atoms with Gasteiger partial charge in [0, 0.05) is 0 Å². The molecule has 0 aliphatic rings. The number of hydrogen-bond acceptors (Lipinski definition) is 4. The second-order valence-corrected chi connectivity index (χ2v) is 6.35. The zero-order chi connectivity index (χ0) is 13.4. The van der Waals surface area contributed by atoms with Gasteiger partial charge in [0.2, 0.25) is 0 Å². The van der Waals surface area contributed by atoms with Crippen LogP contribution in [0.2, 0.25) is 5.15 Å². The predicted octanol–water partition coefficient (Wildman–Crippen LogP) is 5.04. The zero-order valence-electron chi connectivity index (χ0n) is 10.5. The van der Waals surface area contributed by atoms with E-state index in [-0.39, 0.29) is 0 Å². The molecule has 19 heavy (non-hydrogen) atoms. The largest absolute Gasteiger partial charge is 0.236 e. The molecule has 0 saturated carbocycles. The molecule has 2 nitrogen and oxygen atoms in total. The third-order valence-corrected chi connectivity index (χ3v) is 4.82. The van der Waals surface area contributed by atoms with Crippen LogP contribution in [0, 0.1) is 6.92 Å². The Balaban J connectivity index is 2.21. The Morgan fingerprint density at radius 3 is 2.68 bits per heavy atom. The van der Waals surface area contributed by atoms with Crippen molar-refractivity contribution in [2.24, 2.45) is 0 Å². The number of pyridine rings is 1. The molecule has 0 aliphatic heterocycles. The average Bonchev–Trinajstić information content (AvgIpc) is 2.80. The highest BCUT2D eigenvalue weighted by atomic mass is 35.5. The molecule has 0 aliphatic carbocycles. The number of rotatable bonds is 2. The quantitative estimate of drug-likeness (QED) is 0.490. The number of fused-ring (bicyclic) bond motifs is 1. The van der Waals surface area contributed by atoms with Crippen LogP contribution in [0.3, 0.4) is 0 Å². The second-order valence-electron chi connectivity index (χ2n) is 4.13. The molecule has 2 aromatic heterocycles. The van der Waals surface area contributed by atoms with Crippen molar-refractivity contribution in [1.29, 1.82) is 0 Å². The molecule has 0 fully saturated rings. The van der Waals surface area contributed by atoms with Crippen molar-refractivity contribution in [1.82, 2.24) is 9.97 Å². The van der Waals surface area contributed by atoms with Gasteiger partial charge in [0.05, 0.1) is 20.8 Å². The van der Waals surface area contributed by atoms with Crippen molar-refractivity contribution >= 4 is 44.9 Å². The first kappa shape index (κ1) is 12.9. The molecule has 0 amide bonds. The predicted molar refractivity (Wildman–Crippen MR) is 84.4 cm³/mol. The number of thioether (sulfide) groups is 1. The van der Waals surface area contributed by atoms with Gasteiger partial charge >= 0.3 is 0 Å². The third-order valence-electron chi connectivity index (χ3n) is 2.87. The first-order chi connectivity index (χ1) is 9.19. The Kier molecular flexibility index (Phi) is 3.48. The summed E-state index contributed by atoms with van der Waals surface area (Å²) in [7, 11) is 0. The van der Waals surface area contributed by atoms with Crippen molar-refractivity contribution in [2.75, 3.05) is 6.26 Å². The van der Waals surface area contributed by atoms with Crippen LogP contribution < -0.4 is 0 Å². The summed E-state index contributed by atoms with van der Waals surface area (Å²) in [5.74, 6) is 0. The van der Waals surface area contributed by atoms with E-state index >= 15 is 0 Å². The number of thiazole rings is 1. The first-order valence-electron chi connectivity index (χ1n) is 5.76. The lowest BCUT2D eigenvalue weighted by atomic mass is 10.2. The lowest BCUT2D eigenvalue weighted by molar-refractivity contribution is 1.12. The lowest BCUT2D eigenvalue weighted by Crippen LogP contribution is -1.90. The molecule has 0 spiro atoms. The Morgan fingerprint density at radius 1 is 1.21 bits per heavy atom. The highest BCUT2D eigenvalue weighted by Crippen LogP contribution is 2.36. The normalized spacial score (nSPS) is 11.1. The minimum absolute atomic E-state index is 0.531. The second kappa shape index (κ2) is 5.12. The fraction of sp³-hybridized carbons (Fsp3) is 0.143. The van der Waals surface area contributed by atoms with Gasteiger partial charge in [0.25, 0.3) is 0 Å². The third kappa shape index (κ3) is 2.36. The van der Waals surface area contributed by atoms with E-state index < -0.39 is 0 Å². The average molecular weight is 307 g/mol. The number of hydrogen-bond donors (Lipinski definition) is 0. The number of nitrogens with zero attached hydrogens (tertiary/aromatic N) is 2. The number of aryl methyl sites for hydroxylation is 1. The molecule has 0 radical (unpaired) electrons. The summed E-state index contributed by atoms with van der Waals surface area (Å²) in [5, 5.41) is 2.40. The van der Waals surface area contributed by atoms with Crippen molar-refractivity contribution in [2.45, 2.75) is 11.9 Å². The van der Waals surface area contributed by atoms with Crippen molar-refractivity contribution in [3.05, 3.63) is 41.0 Å². The topological polar surface area (TPSA) is 25.8 Å². The summed E-state index contributed by atoms with van der Waals surface area (Å²) < 4.78 is 1.17. The van der Waals surface area contributed by atoms with Crippen LogP contribution in [-0.2, 0) is 0 Å². The molecule has 0 bridgehead atoms. The zero-order valence-corrected chi connectivity index (χ0v) is 12.9. The summed E-state index contributed by atoms with van der Waals surface area (Å²) in [6.45, 7) is 2.05. The first-order valence-corrected chi connectivity index (χ1v) is 8.18. The molecule has 3 aromatic rings. The van der Waals surface area contributed by atoms with E-state index in [4.69, 9.17) is 11.6 Å². The molecule has 2 heterocycles. The molecule has 3 rings (SSSR count). The van der Waals surface area contributed by atoms with Gasteiger partial charge in [-0.05, 0) is 36.9 Å². The summed E-state index contributed by atoms with van der Waals surface area (Å²) in [6, 6.07) is 10.2. The van der Waals surface area contributed by atoms with Crippen LogP contribution >= 0.6 is 34.7 Å². The van der Waals surface area contributed by atoms with Crippen LogP contribution in [0.15, 0.2) is 35.4 Å². The van der Waals surface area contributed by atoms with Crippen LogP contribution in [0.1, 0.15) is 5.56 Å². The van der Waals surface area contributed by atoms with Gasteiger partial charge in [-0.3, -0.25) is 0 Å². The Morgan fingerprint density at radius 2 is 2.00 bits per heavy atom. The molecule has 96 valence electrons. The fourth-order valence-corrected chi connectivity index (χ4v) is 3.94. The molecule has 0 atom stereocenters. The van der Waals surface area contributed by atoms with Crippen molar-refractivity contribution in [3.8, 4) is 10.6 Å². The number of para-hydroxylation sites is 1. The van der Waals surface area contributed by atoms with Gasteiger partial charge in [-0.25, -0.2) is 9.97 Å². The highest BCUT2D eigenvalue weighted by molar-refractivity contribution is 7.98. The summed E-state index contributed by atoms with van der Waals surface area (Å²) >= 11 is 9.56. The maximum absolute atomic E-state index is 6.32. The van der Waals surface area contributed by atoms with Crippen LogP contribution in [-0.4, -0.2) is 16.2 Å². The molecular weight excluding hydrogens is 296 g/mol. The van der Waals surface area contributed by atoms with E-state index in [1.165, 1.54) is 4.70 Å². The van der Waals surface area contributed by atoms with E-state index in [9.17, 15) is 0 Å². The number of halogens is 1. The molecular formula is C14H11ClN2S2. The Bertz CT molecular complexity index is 696. The van der Waals surface area contributed by atoms with Crippen molar-refractivity contribution < 1.29 is 0 Å². The van der Waals surface area contributed by atoms with Gasteiger partial charge in [-0.2, -0.15) is 0 Å². The maximum atomic E-state index is 6.32. The smallest absolute Gasteiger partial charge is 0.140 e. The summed E-state index contributed by atoms with van der Waals surface area (Å²) in [6.07, 6.45) is 2.00. The van der Waals surface area contributed by atoms with E-state index in [0.717, 1.165) is 26.7 Å². The molecule has 0 saturated heterocycles. The molecule has 0 N–H and O–H groups in total. The van der Waals surface area contributed by atoms with Gasteiger partial charge in [0.15, 0.2) is 0 Å². The van der Waals surface area contributed by atoms with Crippen LogP contribution in [0.5, 0.6) is 0 Å². The van der Waals surface area contributed by atoms with Gasteiger partial charge in [0.1, 0.15) is 10.2 Å². The fourth-order valence-electron chi connectivity index (χ4n) is 1.95. The highest BCUT2D eigenvalue weighted by Gasteiger charge is 2.14. The van der Waals surface area contributed by atoms with E-state index in [0.29, 0.717) is 5.15 Å². The van der Waals surface area contributed by atoms with Crippen LogP contribution in [0.25, 0.3) is 20.8 Å². The van der Waals surface area contributed by atoms with Gasteiger partial charge < -0.3 is 0 Å².